The number of alkyl carbamates (subject to hydrolysis) is 2. The van der Waals surface area contributed by atoms with Gasteiger partial charge in [0.2, 0.25) is 21.7 Å². The molecule has 5 aliphatic rings. The number of sulfone groups is 1. The quantitative estimate of drug-likeness (QED) is 0.119. The van der Waals surface area contributed by atoms with Gasteiger partial charge >= 0.3 is 12.2 Å². The number of nitrogens with zero attached hydrogens (tertiary/aromatic N) is 4. The summed E-state index contributed by atoms with van der Waals surface area (Å²) in [7, 11) is 1.51. The number of carbonyl (C=O) groups is 4. The number of amides is 4. The predicted octanol–water partition coefficient (Wildman–Crippen LogP) is 5.68. The molecule has 19 heteroatoms. The van der Waals surface area contributed by atoms with E-state index in [1.807, 2.05) is 34.1 Å². The number of hydrogen-bond acceptors (Lipinski definition) is 12. The number of likely N-dealkylation sites (tertiary alicyclic amines) is 2. The van der Waals surface area contributed by atoms with E-state index in [9.17, 15) is 27.6 Å². The van der Waals surface area contributed by atoms with Crippen LogP contribution in [0.3, 0.4) is 0 Å². The minimum absolute atomic E-state index is 0.0187. The number of aromatic amines is 2. The molecule has 4 N–H and O–H groups in total. The van der Waals surface area contributed by atoms with Gasteiger partial charge in [-0.25, -0.2) is 28.0 Å². The van der Waals surface area contributed by atoms with Crippen LogP contribution in [-0.4, -0.2) is 127 Å². The second-order valence-corrected chi connectivity index (χ2v) is 19.8. The Morgan fingerprint density at radius 2 is 1.08 bits per heavy atom. The second-order valence-electron chi connectivity index (χ2n) is 17.9. The maximum absolute atomic E-state index is 14.4. The Hall–Kier alpha value is -5.79. The summed E-state index contributed by atoms with van der Waals surface area (Å²) in [6.45, 7) is 3.45. The molecule has 2 aromatic carbocycles. The van der Waals surface area contributed by atoms with Gasteiger partial charge in [0, 0.05) is 48.6 Å². The molecule has 4 fully saturated rings. The van der Waals surface area contributed by atoms with E-state index in [1.165, 1.54) is 28.4 Å². The van der Waals surface area contributed by atoms with E-state index in [1.54, 1.807) is 38.4 Å². The molecule has 0 bridgehead atoms. The van der Waals surface area contributed by atoms with Crippen LogP contribution in [0.1, 0.15) is 88.9 Å². The summed E-state index contributed by atoms with van der Waals surface area (Å²) < 4.78 is 49.4. The highest BCUT2D eigenvalue weighted by molar-refractivity contribution is 7.92. The van der Waals surface area contributed by atoms with E-state index >= 15 is 0 Å². The molecule has 18 nitrogen and oxygen atoms in total. The highest BCUT2D eigenvalue weighted by Gasteiger charge is 2.51. The topological polar surface area (TPSA) is 227 Å². The fraction of sp³-hybridized carbons (Fsp3) is 0.522. The molecule has 0 radical (unpaired) electrons. The number of benzene rings is 2. The minimum atomic E-state index is -3.96. The molecule has 2 saturated carbocycles. The van der Waals surface area contributed by atoms with Crippen LogP contribution in [0.4, 0.5) is 9.59 Å². The summed E-state index contributed by atoms with van der Waals surface area (Å²) in [5, 5.41) is 5.34. The summed E-state index contributed by atoms with van der Waals surface area (Å²) in [6.07, 6.45) is 7.66. The maximum Gasteiger partial charge on any atom is 0.407 e. The zero-order valence-corrected chi connectivity index (χ0v) is 38.1. The van der Waals surface area contributed by atoms with Gasteiger partial charge in [-0.2, -0.15) is 0 Å². The molecule has 2 aromatic heterocycles. The normalized spacial score (nSPS) is 25.5. The largest absolute Gasteiger partial charge is 0.453 e. The summed E-state index contributed by atoms with van der Waals surface area (Å²) in [5.41, 5.74) is 3.62. The molecule has 5 heterocycles. The van der Waals surface area contributed by atoms with Crippen LogP contribution in [0.15, 0.2) is 58.6 Å². The molecule has 65 heavy (non-hydrogen) atoms. The Bertz CT molecular complexity index is 2440. The summed E-state index contributed by atoms with van der Waals surface area (Å²) in [5.74, 6) is 1.16. The third-order valence-corrected chi connectivity index (χ3v) is 16.4. The number of fused-ring (bicyclic) bond motifs is 5. The molecular formula is C46H56N8O10S. The van der Waals surface area contributed by atoms with Crippen molar-refractivity contribution in [3.63, 3.8) is 0 Å². The van der Waals surface area contributed by atoms with Crippen molar-refractivity contribution in [2.45, 2.75) is 123 Å². The lowest BCUT2D eigenvalue weighted by Gasteiger charge is -2.34. The highest BCUT2D eigenvalue weighted by atomic mass is 32.2. The van der Waals surface area contributed by atoms with Crippen molar-refractivity contribution in [1.82, 2.24) is 40.4 Å². The number of hydrogen-bond donors (Lipinski definition) is 4. The van der Waals surface area contributed by atoms with E-state index < -0.39 is 58.4 Å². The number of ether oxygens (including phenoxy) is 4. The number of methoxy groups -OCH3 is 4. The van der Waals surface area contributed by atoms with Gasteiger partial charge in [-0.15, -0.1) is 0 Å². The zero-order chi connectivity index (χ0) is 45.9. The lowest BCUT2D eigenvalue weighted by Crippen LogP contribution is -2.55. The summed E-state index contributed by atoms with van der Waals surface area (Å²) >= 11 is 0. The second kappa shape index (κ2) is 17.5. The maximum atomic E-state index is 14.4. The smallest absolute Gasteiger partial charge is 0.407 e. The number of imidazole rings is 2. The number of carbonyl (C=O) groups excluding carboxylic acids is 4. The van der Waals surface area contributed by atoms with Crippen LogP contribution >= 0.6 is 0 Å². The molecule has 4 aromatic rings. The van der Waals surface area contributed by atoms with E-state index in [4.69, 9.17) is 28.9 Å². The standard InChI is InChI=1S/C46H56N8O10S/c1-23(61-3)39(51-45(57)63-5)43(55)53-33-11-7-9-27(33)17-35(53)41-47-21-31(49-41)25-13-15-29-30-16-14-26(20-38(30)65(59,60)37(29)19-25)32-22-48-42(50-32)36-18-28-10-8-12-34(28)54(36)44(56)40(24(2)62-4)52-46(58)64-6/h13-16,19-24,27-28,33-36,39-40H,7-12,17-18H2,1-6H3,(H,47,49)(H,48,50)(H,51,57)(H,52,58)/t23-,24-,27+,28+,33+,34+,35+,36+,39+,40+/m1/s1. The Kier molecular flexibility index (Phi) is 12.0. The third-order valence-electron chi connectivity index (χ3n) is 14.6. The first-order valence-electron chi connectivity index (χ1n) is 22.3. The van der Waals surface area contributed by atoms with E-state index in [0.717, 1.165) is 38.5 Å². The molecule has 9 rings (SSSR count). The zero-order valence-electron chi connectivity index (χ0n) is 37.3. The molecule has 346 valence electrons. The van der Waals surface area contributed by atoms with Crippen LogP contribution in [0.25, 0.3) is 33.6 Å². The monoisotopic (exact) mass is 912 g/mol. The van der Waals surface area contributed by atoms with Gasteiger partial charge in [-0.05, 0) is 76.3 Å². The number of aromatic nitrogens is 4. The first kappa shape index (κ1) is 44.4. The fourth-order valence-electron chi connectivity index (χ4n) is 11.1. The van der Waals surface area contributed by atoms with Crippen LogP contribution < -0.4 is 10.6 Å². The molecule has 4 amide bonds. The van der Waals surface area contributed by atoms with Crippen LogP contribution in [0, 0.1) is 11.8 Å². The number of rotatable bonds is 12. The van der Waals surface area contributed by atoms with E-state index in [2.05, 4.69) is 20.6 Å². The molecule has 10 atom stereocenters. The first-order chi connectivity index (χ1) is 31.3. The van der Waals surface area contributed by atoms with Crippen LogP contribution in [-0.2, 0) is 38.4 Å². The minimum Gasteiger partial charge on any atom is -0.453 e. The van der Waals surface area contributed by atoms with Crippen LogP contribution in [0.2, 0.25) is 0 Å². The third kappa shape index (κ3) is 7.73. The van der Waals surface area contributed by atoms with Crippen molar-refractivity contribution in [2.75, 3.05) is 28.4 Å². The van der Waals surface area contributed by atoms with Gasteiger partial charge in [0.1, 0.15) is 23.7 Å². The van der Waals surface area contributed by atoms with Crippen molar-refractivity contribution in [3.8, 4) is 33.6 Å². The number of H-pyrrole nitrogens is 2. The van der Waals surface area contributed by atoms with Gasteiger partial charge in [-0.1, -0.05) is 37.1 Å². The van der Waals surface area contributed by atoms with Crippen molar-refractivity contribution in [1.29, 1.82) is 0 Å². The molecular weight excluding hydrogens is 857 g/mol. The van der Waals surface area contributed by atoms with Gasteiger partial charge < -0.3 is 49.3 Å². The lowest BCUT2D eigenvalue weighted by atomic mass is 10.0. The van der Waals surface area contributed by atoms with Crippen molar-refractivity contribution >= 4 is 33.8 Å². The Morgan fingerprint density at radius 3 is 1.46 bits per heavy atom. The molecule has 2 aliphatic carbocycles. The summed E-state index contributed by atoms with van der Waals surface area (Å²) in [4.78, 5) is 73.5. The Balaban J connectivity index is 0.963. The SMILES string of the molecule is COC(=O)N[C@H](C(=O)N1[C@H](c2ncc(-c3ccc4c(c3)S(=O)(=O)c3cc(-c5cnc([C@@H]6C[C@@H]7CCC[C@@H]7N6C(=O)[C@@H](NC(=O)OC)[C@@H](C)OC)[nH]5)ccc3-4)[nH]2)C[C@@H]2CCC[C@@H]21)[C@@H](C)OC. The van der Waals surface area contributed by atoms with Crippen molar-refractivity contribution in [3.05, 3.63) is 60.4 Å². The average Bonchev–Trinajstić information content (AvgIpc) is 4.18. The predicted molar refractivity (Wildman–Crippen MR) is 235 cm³/mol. The number of nitrogens with one attached hydrogen (secondary N) is 4. The van der Waals surface area contributed by atoms with E-state index in [-0.39, 0.29) is 45.5 Å². The van der Waals surface area contributed by atoms with Crippen molar-refractivity contribution < 1.29 is 46.5 Å². The Labute approximate surface area is 377 Å². The van der Waals surface area contributed by atoms with Crippen molar-refractivity contribution in [2.24, 2.45) is 11.8 Å². The Morgan fingerprint density at radius 1 is 0.662 bits per heavy atom. The van der Waals surface area contributed by atoms with Gasteiger partial charge in [-0.3, -0.25) is 9.59 Å². The van der Waals surface area contributed by atoms with Gasteiger partial charge in [0.15, 0.2) is 0 Å². The van der Waals surface area contributed by atoms with Gasteiger partial charge in [0.05, 0.1) is 72.1 Å². The summed E-state index contributed by atoms with van der Waals surface area (Å²) in [6, 6.07) is 7.90. The molecule has 0 unspecified atom stereocenters. The molecule has 0 spiro atoms. The fourth-order valence-corrected chi connectivity index (χ4v) is 12.9. The lowest BCUT2D eigenvalue weighted by molar-refractivity contribution is -0.140. The molecule has 3 aliphatic heterocycles. The first-order valence-corrected chi connectivity index (χ1v) is 23.8. The van der Waals surface area contributed by atoms with E-state index in [0.29, 0.717) is 58.1 Å². The molecule has 2 saturated heterocycles. The highest BCUT2D eigenvalue weighted by Crippen LogP contribution is 2.50. The van der Waals surface area contributed by atoms with Crippen LogP contribution in [0.5, 0.6) is 0 Å². The average molecular weight is 913 g/mol. The van der Waals surface area contributed by atoms with Gasteiger partial charge in [0.25, 0.3) is 0 Å².